The molecule has 2 rings (SSSR count). The second-order valence-corrected chi connectivity index (χ2v) is 2.61. The van der Waals surface area contributed by atoms with E-state index < -0.39 is 0 Å². The number of nitrogens with two attached hydrogens (primary N) is 1. The van der Waals surface area contributed by atoms with Gasteiger partial charge in [-0.1, -0.05) is 0 Å². The summed E-state index contributed by atoms with van der Waals surface area (Å²) in [6.07, 6.45) is 2.92. The van der Waals surface area contributed by atoms with E-state index in [4.69, 9.17) is 5.73 Å². The second kappa shape index (κ2) is 1.01. The average molecular weight is 98.1 g/mol. The van der Waals surface area contributed by atoms with Gasteiger partial charge in [-0.2, -0.15) is 0 Å². The van der Waals surface area contributed by atoms with E-state index in [-0.39, 0.29) is 0 Å². The van der Waals surface area contributed by atoms with E-state index in [1.807, 2.05) is 0 Å². The van der Waals surface area contributed by atoms with Crippen LogP contribution in [0.3, 0.4) is 0 Å². The van der Waals surface area contributed by atoms with E-state index in [1.54, 1.807) is 0 Å². The molecule has 1 saturated heterocycles. The van der Waals surface area contributed by atoms with Crippen molar-refractivity contribution in [2.75, 3.05) is 0 Å². The summed E-state index contributed by atoms with van der Waals surface area (Å²) in [5.74, 6) is 0.954. The van der Waals surface area contributed by atoms with Crippen molar-refractivity contribution in [2.45, 2.75) is 25.0 Å². The van der Waals surface area contributed by atoms with Crippen molar-refractivity contribution in [1.82, 2.24) is 5.32 Å². The van der Waals surface area contributed by atoms with Crippen molar-refractivity contribution in [2.24, 2.45) is 11.7 Å². The smallest absolute Gasteiger partial charge is 0.0551 e. The second-order valence-electron chi connectivity index (χ2n) is 2.61. The molecule has 0 aromatic heterocycles. The van der Waals surface area contributed by atoms with Gasteiger partial charge in [0.25, 0.3) is 0 Å². The van der Waals surface area contributed by atoms with Crippen LogP contribution in [-0.2, 0) is 0 Å². The summed E-state index contributed by atoms with van der Waals surface area (Å²) in [6, 6.07) is 0.815. The molecule has 1 aliphatic heterocycles. The Morgan fingerprint density at radius 1 is 1.43 bits per heavy atom. The lowest BCUT2D eigenvalue weighted by molar-refractivity contribution is 0.560. The highest BCUT2D eigenvalue weighted by atomic mass is 15.1. The molecule has 2 aliphatic rings. The standard InChI is InChI=1S/C5H10N2/c6-5-2-3-1-4(3)7-5/h3-5,7H,1-2,6H2. The van der Waals surface area contributed by atoms with Gasteiger partial charge >= 0.3 is 0 Å². The fraction of sp³-hybridized carbons (Fsp3) is 1.00. The Morgan fingerprint density at radius 3 is 2.57 bits per heavy atom. The normalized spacial score (nSPS) is 57.0. The van der Waals surface area contributed by atoms with Crippen LogP contribution >= 0.6 is 0 Å². The topological polar surface area (TPSA) is 38.0 Å². The number of nitrogens with one attached hydrogen (secondary N) is 1. The number of hydrogen-bond acceptors (Lipinski definition) is 2. The van der Waals surface area contributed by atoms with Crippen molar-refractivity contribution in [3.05, 3.63) is 0 Å². The van der Waals surface area contributed by atoms with Crippen molar-refractivity contribution < 1.29 is 0 Å². The van der Waals surface area contributed by atoms with Gasteiger partial charge in [-0.15, -0.1) is 0 Å². The van der Waals surface area contributed by atoms with Crippen LogP contribution in [0.2, 0.25) is 0 Å². The molecule has 0 aromatic carbocycles. The summed E-state index contributed by atoms with van der Waals surface area (Å²) >= 11 is 0. The van der Waals surface area contributed by atoms with Crippen molar-refractivity contribution >= 4 is 0 Å². The van der Waals surface area contributed by atoms with Crippen LogP contribution in [0.15, 0.2) is 0 Å². The first kappa shape index (κ1) is 3.87. The predicted molar refractivity (Wildman–Crippen MR) is 27.6 cm³/mol. The summed E-state index contributed by atoms with van der Waals surface area (Å²) in [6.45, 7) is 0. The number of hydrogen-bond donors (Lipinski definition) is 2. The molecule has 0 spiro atoms. The van der Waals surface area contributed by atoms with E-state index in [1.165, 1.54) is 12.8 Å². The molecule has 1 saturated carbocycles. The Hall–Kier alpha value is -0.0800. The molecule has 1 heterocycles. The molecule has 3 unspecified atom stereocenters. The van der Waals surface area contributed by atoms with Gasteiger partial charge in [0.2, 0.25) is 0 Å². The van der Waals surface area contributed by atoms with E-state index in [9.17, 15) is 0 Å². The molecule has 0 aromatic rings. The highest BCUT2D eigenvalue weighted by Gasteiger charge is 2.44. The Labute approximate surface area is 43.1 Å². The highest BCUT2D eigenvalue weighted by Crippen LogP contribution is 2.39. The molecular weight excluding hydrogens is 88.1 g/mol. The Bertz CT molecular complexity index is 82.1. The number of piperidine rings is 1. The molecule has 2 fully saturated rings. The third-order valence-electron chi connectivity index (χ3n) is 1.91. The zero-order chi connectivity index (χ0) is 4.85. The third kappa shape index (κ3) is 0.469. The van der Waals surface area contributed by atoms with Gasteiger partial charge < -0.3 is 5.73 Å². The molecule has 3 N–H and O–H groups in total. The Balaban J connectivity index is 2.02. The van der Waals surface area contributed by atoms with E-state index >= 15 is 0 Å². The summed E-state index contributed by atoms with van der Waals surface area (Å²) in [5, 5.41) is 3.27. The van der Waals surface area contributed by atoms with Crippen LogP contribution < -0.4 is 11.1 Å². The molecule has 1 aliphatic carbocycles. The molecule has 40 valence electrons. The quantitative estimate of drug-likeness (QED) is 0.434. The fourth-order valence-electron chi connectivity index (χ4n) is 1.38. The Kier molecular flexibility index (Phi) is 0.557. The first-order chi connectivity index (χ1) is 3.36. The maximum absolute atomic E-state index is 5.54. The Morgan fingerprint density at radius 2 is 2.29 bits per heavy atom. The lowest BCUT2D eigenvalue weighted by Gasteiger charge is -2.02. The van der Waals surface area contributed by atoms with Gasteiger partial charge in [0, 0.05) is 6.04 Å². The lowest BCUT2D eigenvalue weighted by Crippen LogP contribution is -2.33. The minimum absolute atomic E-state index is 0.323. The maximum Gasteiger partial charge on any atom is 0.0551 e. The lowest BCUT2D eigenvalue weighted by atomic mass is 10.3. The summed E-state index contributed by atoms with van der Waals surface area (Å²) in [5.41, 5.74) is 5.54. The zero-order valence-electron chi connectivity index (χ0n) is 4.22. The first-order valence-corrected chi connectivity index (χ1v) is 2.88. The summed E-state index contributed by atoms with van der Waals surface area (Å²) < 4.78 is 0. The number of fused-ring (bicyclic) bond motifs is 1. The maximum atomic E-state index is 5.54. The molecular formula is C5H10N2. The molecule has 2 nitrogen and oxygen atoms in total. The first-order valence-electron chi connectivity index (χ1n) is 2.88. The van der Waals surface area contributed by atoms with Gasteiger partial charge in [0.1, 0.15) is 0 Å². The fourth-order valence-corrected chi connectivity index (χ4v) is 1.38. The molecule has 2 heteroatoms. The predicted octanol–water partition coefficient (Wildman–Crippen LogP) is -0.347. The molecule has 3 atom stereocenters. The zero-order valence-corrected chi connectivity index (χ0v) is 4.22. The van der Waals surface area contributed by atoms with Gasteiger partial charge in [0.15, 0.2) is 0 Å². The summed E-state index contributed by atoms with van der Waals surface area (Å²) in [4.78, 5) is 0. The van der Waals surface area contributed by atoms with E-state index in [2.05, 4.69) is 5.32 Å². The van der Waals surface area contributed by atoms with Gasteiger partial charge in [-0.25, -0.2) is 0 Å². The van der Waals surface area contributed by atoms with Crippen LogP contribution in [0.4, 0.5) is 0 Å². The largest absolute Gasteiger partial charge is 0.316 e. The van der Waals surface area contributed by atoms with Crippen molar-refractivity contribution in [3.63, 3.8) is 0 Å². The minimum Gasteiger partial charge on any atom is -0.316 e. The highest BCUT2D eigenvalue weighted by molar-refractivity contribution is 5.01. The van der Waals surface area contributed by atoms with Crippen LogP contribution in [0.25, 0.3) is 0 Å². The molecule has 7 heavy (non-hydrogen) atoms. The van der Waals surface area contributed by atoms with E-state index in [0.717, 1.165) is 12.0 Å². The van der Waals surface area contributed by atoms with Crippen molar-refractivity contribution in [1.29, 1.82) is 0 Å². The van der Waals surface area contributed by atoms with Gasteiger partial charge in [-0.3, -0.25) is 5.32 Å². The van der Waals surface area contributed by atoms with E-state index in [0.29, 0.717) is 6.17 Å². The van der Waals surface area contributed by atoms with Crippen LogP contribution in [-0.4, -0.2) is 12.2 Å². The third-order valence-corrected chi connectivity index (χ3v) is 1.91. The van der Waals surface area contributed by atoms with Gasteiger partial charge in [0.05, 0.1) is 6.17 Å². The SMILES string of the molecule is NC1CC2CC2N1. The number of rotatable bonds is 0. The van der Waals surface area contributed by atoms with Crippen LogP contribution in [0.5, 0.6) is 0 Å². The van der Waals surface area contributed by atoms with Gasteiger partial charge in [-0.05, 0) is 18.8 Å². The van der Waals surface area contributed by atoms with Crippen LogP contribution in [0, 0.1) is 5.92 Å². The molecule has 0 amide bonds. The summed E-state index contributed by atoms with van der Waals surface area (Å²) in [7, 11) is 0. The molecule has 0 radical (unpaired) electrons. The minimum atomic E-state index is 0.323. The average Bonchev–Trinajstić information content (AvgIpc) is 2.15. The van der Waals surface area contributed by atoms with Crippen molar-refractivity contribution in [3.8, 4) is 0 Å². The molecule has 0 bridgehead atoms. The monoisotopic (exact) mass is 98.1 g/mol. The van der Waals surface area contributed by atoms with Crippen LogP contribution in [0.1, 0.15) is 12.8 Å².